The molecule has 0 saturated carbocycles. The molecule has 0 saturated heterocycles. The van der Waals surface area contributed by atoms with Crippen molar-refractivity contribution in [2.75, 3.05) is 30.9 Å². The van der Waals surface area contributed by atoms with Crippen LogP contribution in [0.5, 0.6) is 0 Å². The molecule has 2 rings (SSSR count). The maximum atomic E-state index is 11.8. The SMILES string of the molecule is CNS(=O)(=O)c1ccc(Nc2ncc(Br)c(N(C)[C@@H](CO)C(C)C)n2)cc1. The van der Waals surface area contributed by atoms with Crippen LogP contribution in [0.1, 0.15) is 13.8 Å². The van der Waals surface area contributed by atoms with Crippen LogP contribution in [0.2, 0.25) is 0 Å². The molecule has 0 amide bonds. The van der Waals surface area contributed by atoms with Gasteiger partial charge in [-0.25, -0.2) is 18.1 Å². The van der Waals surface area contributed by atoms with Gasteiger partial charge in [-0.3, -0.25) is 0 Å². The number of hydrogen-bond donors (Lipinski definition) is 3. The first-order valence-corrected chi connectivity index (χ1v) is 10.6. The lowest BCUT2D eigenvalue weighted by molar-refractivity contribution is 0.233. The minimum atomic E-state index is -3.48. The zero-order chi connectivity index (χ0) is 20.2. The van der Waals surface area contributed by atoms with Crippen molar-refractivity contribution >= 4 is 43.4 Å². The Hall–Kier alpha value is -1.75. The summed E-state index contributed by atoms with van der Waals surface area (Å²) in [5.74, 6) is 1.25. The van der Waals surface area contributed by atoms with Crippen molar-refractivity contribution in [1.82, 2.24) is 14.7 Å². The van der Waals surface area contributed by atoms with Gasteiger partial charge in [-0.15, -0.1) is 0 Å². The number of nitrogens with zero attached hydrogens (tertiary/aromatic N) is 3. The smallest absolute Gasteiger partial charge is 0.240 e. The number of likely N-dealkylation sites (N-methyl/N-ethyl adjacent to an activating group) is 1. The molecule has 2 aromatic rings. The Labute approximate surface area is 168 Å². The highest BCUT2D eigenvalue weighted by atomic mass is 79.9. The molecule has 0 aliphatic carbocycles. The third-order valence-corrected chi connectivity index (χ3v) is 6.19. The van der Waals surface area contributed by atoms with Crippen molar-refractivity contribution in [3.8, 4) is 0 Å². The molecule has 0 aliphatic heterocycles. The number of sulfonamides is 1. The molecular weight excluding hydrogens is 434 g/mol. The van der Waals surface area contributed by atoms with Gasteiger partial charge in [-0.05, 0) is 53.2 Å². The summed E-state index contributed by atoms with van der Waals surface area (Å²) >= 11 is 3.45. The minimum absolute atomic E-state index is 0.00870. The number of anilines is 3. The second-order valence-corrected chi connectivity index (χ2v) is 9.07. The van der Waals surface area contributed by atoms with Crippen LogP contribution in [-0.4, -0.2) is 50.2 Å². The van der Waals surface area contributed by atoms with E-state index in [4.69, 9.17) is 0 Å². The highest BCUT2D eigenvalue weighted by molar-refractivity contribution is 9.10. The van der Waals surface area contributed by atoms with E-state index in [-0.39, 0.29) is 23.5 Å². The lowest BCUT2D eigenvalue weighted by atomic mass is 10.0. The lowest BCUT2D eigenvalue weighted by Crippen LogP contribution is -2.39. The first-order chi connectivity index (χ1) is 12.7. The summed E-state index contributed by atoms with van der Waals surface area (Å²) in [4.78, 5) is 10.8. The summed E-state index contributed by atoms with van der Waals surface area (Å²) in [5.41, 5.74) is 0.656. The fourth-order valence-corrected chi connectivity index (χ4v) is 3.77. The van der Waals surface area contributed by atoms with Crippen LogP contribution in [0.25, 0.3) is 0 Å². The number of aliphatic hydroxyl groups excluding tert-OH is 1. The average molecular weight is 458 g/mol. The molecule has 148 valence electrons. The number of aromatic nitrogens is 2. The maximum absolute atomic E-state index is 11.8. The van der Waals surface area contributed by atoms with Gasteiger partial charge >= 0.3 is 0 Å². The first-order valence-electron chi connectivity index (χ1n) is 8.36. The molecule has 0 aliphatic rings. The van der Waals surface area contributed by atoms with Crippen LogP contribution >= 0.6 is 15.9 Å². The summed E-state index contributed by atoms with van der Waals surface area (Å²) in [7, 11) is -0.240. The Morgan fingerprint density at radius 2 is 1.89 bits per heavy atom. The van der Waals surface area contributed by atoms with Crippen molar-refractivity contribution < 1.29 is 13.5 Å². The number of rotatable bonds is 8. The Bertz CT molecular complexity index is 875. The van der Waals surface area contributed by atoms with Gasteiger partial charge in [0.25, 0.3) is 0 Å². The average Bonchev–Trinajstić information content (AvgIpc) is 2.64. The minimum Gasteiger partial charge on any atom is -0.394 e. The van der Waals surface area contributed by atoms with Crippen LogP contribution in [0.3, 0.4) is 0 Å². The normalized spacial score (nSPS) is 12.9. The van der Waals surface area contributed by atoms with Gasteiger partial charge in [0.1, 0.15) is 5.82 Å². The van der Waals surface area contributed by atoms with Gasteiger partial charge in [0.05, 0.1) is 22.0 Å². The summed E-state index contributed by atoms with van der Waals surface area (Å²) in [6.07, 6.45) is 1.63. The fraction of sp³-hybridized carbons (Fsp3) is 0.412. The van der Waals surface area contributed by atoms with Crippen LogP contribution < -0.4 is 14.9 Å². The summed E-state index contributed by atoms with van der Waals surface area (Å²) < 4.78 is 26.6. The molecular formula is C17H24BrN5O3S. The predicted octanol–water partition coefficient (Wildman–Crippen LogP) is 2.34. The summed E-state index contributed by atoms with van der Waals surface area (Å²) in [6, 6.07) is 6.20. The number of benzene rings is 1. The Balaban J connectivity index is 2.26. The largest absolute Gasteiger partial charge is 0.394 e. The highest BCUT2D eigenvalue weighted by Crippen LogP contribution is 2.27. The van der Waals surface area contributed by atoms with Gasteiger partial charge in [-0.2, -0.15) is 4.98 Å². The maximum Gasteiger partial charge on any atom is 0.240 e. The van der Waals surface area contributed by atoms with Crippen LogP contribution in [0.15, 0.2) is 39.8 Å². The molecule has 1 atom stereocenters. The van der Waals surface area contributed by atoms with E-state index in [1.807, 2.05) is 25.8 Å². The van der Waals surface area contributed by atoms with E-state index in [1.54, 1.807) is 18.3 Å². The molecule has 0 spiro atoms. The molecule has 10 heteroatoms. The Kier molecular flexibility index (Phi) is 7.15. The van der Waals surface area contributed by atoms with Crippen molar-refractivity contribution in [2.24, 2.45) is 5.92 Å². The van der Waals surface area contributed by atoms with Crippen LogP contribution in [0, 0.1) is 5.92 Å². The summed E-state index contributed by atoms with van der Waals surface area (Å²) in [6.45, 7) is 4.08. The Morgan fingerprint density at radius 1 is 1.26 bits per heavy atom. The van der Waals surface area contributed by atoms with Crippen molar-refractivity contribution in [3.05, 3.63) is 34.9 Å². The van der Waals surface area contributed by atoms with Gasteiger partial charge < -0.3 is 15.3 Å². The molecule has 0 radical (unpaired) electrons. The van der Waals surface area contributed by atoms with E-state index in [2.05, 4.69) is 35.9 Å². The second kappa shape index (κ2) is 8.96. The monoisotopic (exact) mass is 457 g/mol. The topological polar surface area (TPSA) is 107 Å². The van der Waals surface area contributed by atoms with Crippen LogP contribution in [0.4, 0.5) is 17.5 Å². The number of nitrogens with one attached hydrogen (secondary N) is 2. The molecule has 0 unspecified atom stereocenters. The third-order valence-electron chi connectivity index (χ3n) is 4.20. The molecule has 8 nitrogen and oxygen atoms in total. The zero-order valence-corrected chi connectivity index (χ0v) is 18.0. The van der Waals surface area contributed by atoms with Crippen molar-refractivity contribution in [3.63, 3.8) is 0 Å². The first kappa shape index (κ1) is 21.5. The van der Waals surface area contributed by atoms with E-state index in [1.165, 1.54) is 19.2 Å². The molecule has 0 bridgehead atoms. The second-order valence-electron chi connectivity index (χ2n) is 6.33. The van der Waals surface area contributed by atoms with Crippen molar-refractivity contribution in [1.29, 1.82) is 0 Å². The van der Waals surface area contributed by atoms with Gasteiger partial charge in [0.15, 0.2) is 0 Å². The molecule has 1 aromatic carbocycles. The third kappa shape index (κ3) is 5.16. The number of halogens is 1. The van der Waals surface area contributed by atoms with E-state index in [9.17, 15) is 13.5 Å². The van der Waals surface area contributed by atoms with E-state index in [0.29, 0.717) is 21.9 Å². The molecule has 1 aromatic heterocycles. The zero-order valence-electron chi connectivity index (χ0n) is 15.6. The number of aliphatic hydroxyl groups is 1. The molecule has 27 heavy (non-hydrogen) atoms. The Morgan fingerprint density at radius 3 is 2.41 bits per heavy atom. The quantitative estimate of drug-likeness (QED) is 0.558. The highest BCUT2D eigenvalue weighted by Gasteiger charge is 2.21. The molecule has 0 fully saturated rings. The van der Waals surface area contributed by atoms with Crippen LogP contribution in [-0.2, 0) is 10.0 Å². The van der Waals surface area contributed by atoms with Gasteiger partial charge in [-0.1, -0.05) is 13.8 Å². The van der Waals surface area contributed by atoms with Gasteiger partial charge in [0, 0.05) is 18.9 Å². The summed E-state index contributed by atoms with van der Waals surface area (Å²) in [5, 5.41) is 12.7. The molecule has 1 heterocycles. The fourth-order valence-electron chi connectivity index (χ4n) is 2.57. The van der Waals surface area contributed by atoms with E-state index >= 15 is 0 Å². The molecule has 3 N–H and O–H groups in total. The van der Waals surface area contributed by atoms with E-state index < -0.39 is 10.0 Å². The lowest BCUT2D eigenvalue weighted by Gasteiger charge is -2.31. The van der Waals surface area contributed by atoms with E-state index in [0.717, 1.165) is 0 Å². The van der Waals surface area contributed by atoms with Crippen molar-refractivity contribution in [2.45, 2.75) is 24.8 Å². The van der Waals surface area contributed by atoms with Gasteiger partial charge in [0.2, 0.25) is 16.0 Å². The standard InChI is InChI=1S/C17H24BrN5O3S/c1-11(2)15(10-24)23(4)16-14(18)9-20-17(22-16)21-12-5-7-13(8-6-12)27(25,26)19-3/h5-9,11,15,19,24H,10H2,1-4H3,(H,20,21,22)/t15-/m0/s1. The predicted molar refractivity (Wildman–Crippen MR) is 110 cm³/mol. The number of hydrogen-bond acceptors (Lipinski definition) is 7.